The van der Waals surface area contributed by atoms with Gasteiger partial charge in [0.15, 0.2) is 5.75 Å². The van der Waals surface area contributed by atoms with Crippen molar-refractivity contribution in [3.8, 4) is 11.5 Å². The molecule has 0 saturated carbocycles. The van der Waals surface area contributed by atoms with Gasteiger partial charge in [0.2, 0.25) is 5.75 Å². The molecule has 0 unspecified atom stereocenters. The Kier molecular flexibility index (Phi) is 13.7. The number of aromatic nitrogens is 1. The van der Waals surface area contributed by atoms with Crippen LogP contribution in [0.1, 0.15) is 86.0 Å². The first-order chi connectivity index (χ1) is 17.9. The first kappa shape index (κ1) is 30.3. The summed E-state index contributed by atoms with van der Waals surface area (Å²) in [4.78, 5) is 13.6. The van der Waals surface area contributed by atoms with E-state index < -0.39 is 0 Å². The highest BCUT2D eigenvalue weighted by molar-refractivity contribution is 5.90. The van der Waals surface area contributed by atoms with Gasteiger partial charge in [-0.25, -0.2) is 0 Å². The van der Waals surface area contributed by atoms with Crippen LogP contribution in [-0.2, 0) is 6.54 Å². The van der Waals surface area contributed by atoms with E-state index in [0.717, 1.165) is 61.7 Å². The molecule has 0 spiro atoms. The van der Waals surface area contributed by atoms with Crippen molar-refractivity contribution in [2.45, 2.75) is 92.5 Å². The number of aryl methyl sites for hydroxylation is 1. The van der Waals surface area contributed by atoms with Gasteiger partial charge in [-0.05, 0) is 64.7 Å². The number of rotatable bonds is 18. The van der Waals surface area contributed by atoms with Gasteiger partial charge >= 0.3 is 0 Å². The Morgan fingerprint density at radius 1 is 1.00 bits per heavy atom. The van der Waals surface area contributed by atoms with E-state index in [0.29, 0.717) is 18.9 Å². The second-order valence-corrected chi connectivity index (χ2v) is 9.96. The quantitative estimate of drug-likeness (QED) is 0.162. The maximum Gasteiger partial charge on any atom is 0.297 e. The summed E-state index contributed by atoms with van der Waals surface area (Å²) in [5.41, 5.74) is 4.45. The van der Waals surface area contributed by atoms with Gasteiger partial charge in [-0.3, -0.25) is 4.79 Å². The molecule has 0 atom stereocenters. The molecule has 1 N–H and O–H groups in total. The molecule has 0 amide bonds. The highest BCUT2D eigenvalue weighted by Gasteiger charge is 2.20. The van der Waals surface area contributed by atoms with E-state index >= 15 is 0 Å². The van der Waals surface area contributed by atoms with Gasteiger partial charge in [0.1, 0.15) is 6.61 Å². The molecule has 0 bridgehead atoms. The molecule has 1 heterocycles. The van der Waals surface area contributed by atoms with Crippen LogP contribution in [0.25, 0.3) is 10.9 Å². The first-order valence-corrected chi connectivity index (χ1v) is 14.0. The molecular formula is C32H48N2O3. The number of anilines is 1. The van der Waals surface area contributed by atoms with Gasteiger partial charge in [0.05, 0.1) is 12.1 Å². The standard InChI is InChI=1S/C32H48N2O3/c1-7-10-12-13-23-37-30-28-18-17-27(33-20-19-26(6)16-14-15-25(4)5)24-29(28)34(21-11-8-2)32(35)31(30)36-22-9-3/h9,15,17-19,24,33H,3,7-8,10-14,16,20-23H2,1-2,4-6H3. The summed E-state index contributed by atoms with van der Waals surface area (Å²) < 4.78 is 14.0. The summed E-state index contributed by atoms with van der Waals surface area (Å²) in [5.74, 6) is 0.835. The first-order valence-electron chi connectivity index (χ1n) is 14.0. The summed E-state index contributed by atoms with van der Waals surface area (Å²) >= 11 is 0. The van der Waals surface area contributed by atoms with Crippen molar-refractivity contribution in [2.75, 3.05) is 25.1 Å². The Balaban J connectivity index is 2.39. The third-order valence-corrected chi connectivity index (χ3v) is 6.35. The number of hydrogen-bond acceptors (Lipinski definition) is 4. The predicted octanol–water partition coefficient (Wildman–Crippen LogP) is 8.43. The lowest BCUT2D eigenvalue weighted by Gasteiger charge is -2.19. The van der Waals surface area contributed by atoms with Crippen LogP contribution < -0.4 is 20.3 Å². The molecule has 0 radical (unpaired) electrons. The van der Waals surface area contributed by atoms with Gasteiger partial charge in [-0.2, -0.15) is 0 Å². The molecule has 5 heteroatoms. The zero-order valence-corrected chi connectivity index (χ0v) is 23.8. The predicted molar refractivity (Wildman–Crippen MR) is 159 cm³/mol. The number of nitrogens with one attached hydrogen (secondary N) is 1. The molecule has 2 rings (SSSR count). The number of fused-ring (bicyclic) bond motifs is 1. The van der Waals surface area contributed by atoms with Crippen LogP contribution in [0.2, 0.25) is 0 Å². The van der Waals surface area contributed by atoms with Crippen molar-refractivity contribution in [1.82, 2.24) is 4.57 Å². The van der Waals surface area contributed by atoms with Gasteiger partial charge in [0, 0.05) is 24.2 Å². The van der Waals surface area contributed by atoms with E-state index in [-0.39, 0.29) is 17.9 Å². The summed E-state index contributed by atoms with van der Waals surface area (Å²) in [6.07, 6.45) is 14.6. The van der Waals surface area contributed by atoms with Crippen LogP contribution in [0.15, 0.2) is 58.9 Å². The van der Waals surface area contributed by atoms with Gasteiger partial charge < -0.3 is 19.4 Å². The number of unbranched alkanes of at least 4 members (excludes halogenated alkanes) is 4. The molecule has 1 aromatic heterocycles. The third-order valence-electron chi connectivity index (χ3n) is 6.35. The topological polar surface area (TPSA) is 52.5 Å². The SMILES string of the molecule is C=CCOc1c(OCCCCCC)c2ccc(NCC=C(C)CCC=C(C)C)cc2n(CCCC)c1=O. The molecule has 0 saturated heterocycles. The van der Waals surface area contributed by atoms with E-state index in [9.17, 15) is 4.79 Å². The number of hydrogen-bond donors (Lipinski definition) is 1. The van der Waals surface area contributed by atoms with Crippen molar-refractivity contribution in [2.24, 2.45) is 0 Å². The summed E-state index contributed by atoms with van der Waals surface area (Å²) in [6.45, 7) is 16.7. The Bertz CT molecular complexity index is 1110. The van der Waals surface area contributed by atoms with E-state index in [1.165, 1.54) is 24.0 Å². The van der Waals surface area contributed by atoms with Crippen molar-refractivity contribution in [3.05, 3.63) is 64.5 Å². The normalized spacial score (nSPS) is 11.4. The van der Waals surface area contributed by atoms with E-state index in [2.05, 4.69) is 70.8 Å². The summed E-state index contributed by atoms with van der Waals surface area (Å²) in [5, 5.41) is 4.42. The molecule has 1 aromatic carbocycles. The van der Waals surface area contributed by atoms with Crippen LogP contribution in [0.4, 0.5) is 5.69 Å². The average Bonchev–Trinajstić information content (AvgIpc) is 2.87. The highest BCUT2D eigenvalue weighted by atomic mass is 16.5. The Morgan fingerprint density at radius 3 is 2.49 bits per heavy atom. The fourth-order valence-electron chi connectivity index (χ4n) is 4.20. The van der Waals surface area contributed by atoms with Crippen molar-refractivity contribution < 1.29 is 9.47 Å². The minimum atomic E-state index is -0.140. The second kappa shape index (κ2) is 16.7. The summed E-state index contributed by atoms with van der Waals surface area (Å²) in [6, 6.07) is 6.18. The van der Waals surface area contributed by atoms with Crippen molar-refractivity contribution in [1.29, 1.82) is 0 Å². The zero-order valence-electron chi connectivity index (χ0n) is 23.8. The average molecular weight is 509 g/mol. The minimum Gasteiger partial charge on any atom is -0.489 e. The lowest BCUT2D eigenvalue weighted by molar-refractivity contribution is 0.276. The van der Waals surface area contributed by atoms with Crippen LogP contribution in [-0.4, -0.2) is 24.3 Å². The van der Waals surface area contributed by atoms with E-state index in [1.807, 2.05) is 10.6 Å². The number of allylic oxidation sites excluding steroid dienone is 3. The number of ether oxygens (including phenoxy) is 2. The van der Waals surface area contributed by atoms with Gasteiger partial charge in [0.25, 0.3) is 5.56 Å². The molecule has 2 aromatic rings. The molecule has 0 fully saturated rings. The smallest absolute Gasteiger partial charge is 0.297 e. The van der Waals surface area contributed by atoms with E-state index in [4.69, 9.17) is 9.47 Å². The molecule has 0 aliphatic heterocycles. The zero-order chi connectivity index (χ0) is 27.0. The van der Waals surface area contributed by atoms with Crippen LogP contribution in [0, 0.1) is 0 Å². The maximum absolute atomic E-state index is 13.6. The Morgan fingerprint density at radius 2 is 1.78 bits per heavy atom. The largest absolute Gasteiger partial charge is 0.489 e. The lowest BCUT2D eigenvalue weighted by Crippen LogP contribution is -2.24. The number of nitrogens with zero attached hydrogens (tertiary/aromatic N) is 1. The van der Waals surface area contributed by atoms with Crippen LogP contribution >= 0.6 is 0 Å². The monoisotopic (exact) mass is 508 g/mol. The Hall–Kier alpha value is -2.95. The third kappa shape index (κ3) is 9.79. The Labute approximate surface area is 224 Å². The molecular weight excluding hydrogens is 460 g/mol. The number of benzene rings is 1. The minimum absolute atomic E-state index is 0.140. The molecule has 37 heavy (non-hydrogen) atoms. The molecule has 5 nitrogen and oxygen atoms in total. The number of pyridine rings is 1. The fourth-order valence-corrected chi connectivity index (χ4v) is 4.20. The maximum atomic E-state index is 13.6. The van der Waals surface area contributed by atoms with Crippen LogP contribution in [0.3, 0.4) is 0 Å². The van der Waals surface area contributed by atoms with Crippen molar-refractivity contribution >= 4 is 16.6 Å². The molecule has 204 valence electrons. The second-order valence-electron chi connectivity index (χ2n) is 9.96. The lowest BCUT2D eigenvalue weighted by atomic mass is 10.1. The molecule has 0 aliphatic rings. The van der Waals surface area contributed by atoms with E-state index in [1.54, 1.807) is 6.08 Å². The van der Waals surface area contributed by atoms with Crippen LogP contribution in [0.5, 0.6) is 11.5 Å². The van der Waals surface area contributed by atoms with Crippen molar-refractivity contribution in [3.63, 3.8) is 0 Å². The molecule has 0 aliphatic carbocycles. The van der Waals surface area contributed by atoms with Gasteiger partial charge in [-0.1, -0.05) is 75.5 Å². The highest BCUT2D eigenvalue weighted by Crippen LogP contribution is 2.35. The fraction of sp³-hybridized carbons (Fsp3) is 0.531. The summed E-state index contributed by atoms with van der Waals surface area (Å²) in [7, 11) is 0. The van der Waals surface area contributed by atoms with Gasteiger partial charge in [-0.15, -0.1) is 0 Å².